The lowest BCUT2D eigenvalue weighted by molar-refractivity contribution is -0.137. The zero-order valence-electron chi connectivity index (χ0n) is 23.0. The summed E-state index contributed by atoms with van der Waals surface area (Å²) < 4.78 is 60.7. The van der Waals surface area contributed by atoms with Crippen LogP contribution in [0.2, 0.25) is 0 Å². The first-order valence-electron chi connectivity index (χ1n) is 13.1. The molecule has 1 saturated heterocycles. The van der Waals surface area contributed by atoms with E-state index in [2.05, 4.69) is 19.9 Å². The van der Waals surface area contributed by atoms with Crippen LogP contribution in [-0.4, -0.2) is 63.3 Å². The molecule has 42 heavy (non-hydrogen) atoms. The van der Waals surface area contributed by atoms with Gasteiger partial charge >= 0.3 is 11.9 Å². The number of ether oxygens (including phenoxy) is 1. The topological polar surface area (TPSA) is 100 Å². The standard InChI is InChI=1S/C29H27F4N7O2/c1-17-14-40(26(18-4-7-20(30)8-5-18)23-10-6-19(13-35-23)29(31,32)33)22(16-42-3)15-39(17)27-25-24(38(2)28(41)37-27)11-9-21(12-34)36-25/h4-11,13,17,22,26H,14-16H2,1-3H3/t17-,22-,26?/m0/s1. The van der Waals surface area contributed by atoms with Crippen LogP contribution in [0.5, 0.6) is 0 Å². The molecule has 1 aliphatic heterocycles. The minimum Gasteiger partial charge on any atom is -0.383 e. The van der Waals surface area contributed by atoms with Gasteiger partial charge in [-0.15, -0.1) is 0 Å². The first-order valence-corrected chi connectivity index (χ1v) is 13.1. The molecule has 0 amide bonds. The molecule has 4 aromatic rings. The summed E-state index contributed by atoms with van der Waals surface area (Å²) in [6.07, 6.45) is -3.75. The van der Waals surface area contributed by atoms with Crippen LogP contribution in [-0.2, 0) is 18.0 Å². The van der Waals surface area contributed by atoms with Crippen LogP contribution < -0.4 is 10.6 Å². The van der Waals surface area contributed by atoms with Crippen molar-refractivity contribution in [1.29, 1.82) is 5.26 Å². The minimum atomic E-state index is -4.54. The van der Waals surface area contributed by atoms with E-state index in [1.165, 1.54) is 35.9 Å². The van der Waals surface area contributed by atoms with Crippen molar-refractivity contribution in [2.24, 2.45) is 7.05 Å². The second-order valence-electron chi connectivity index (χ2n) is 10.2. The van der Waals surface area contributed by atoms with Crippen LogP contribution in [0.3, 0.4) is 0 Å². The van der Waals surface area contributed by atoms with Crippen molar-refractivity contribution in [2.45, 2.75) is 31.2 Å². The van der Waals surface area contributed by atoms with Crippen LogP contribution >= 0.6 is 0 Å². The van der Waals surface area contributed by atoms with E-state index in [0.29, 0.717) is 41.2 Å². The molecule has 13 heteroatoms. The monoisotopic (exact) mass is 581 g/mol. The molecular weight excluding hydrogens is 554 g/mol. The summed E-state index contributed by atoms with van der Waals surface area (Å²) >= 11 is 0. The normalized spacial score (nSPS) is 18.7. The number of fused-ring (bicyclic) bond motifs is 1. The van der Waals surface area contributed by atoms with Crippen molar-refractivity contribution in [3.8, 4) is 6.07 Å². The van der Waals surface area contributed by atoms with Gasteiger partial charge in [0.05, 0.1) is 35.5 Å². The highest BCUT2D eigenvalue weighted by molar-refractivity contribution is 5.86. The summed E-state index contributed by atoms with van der Waals surface area (Å²) in [5.41, 5.74) is 0.723. The number of nitriles is 1. The number of alkyl halides is 3. The fourth-order valence-electron chi connectivity index (χ4n) is 5.40. The highest BCUT2D eigenvalue weighted by Crippen LogP contribution is 2.36. The summed E-state index contributed by atoms with van der Waals surface area (Å²) in [6.45, 7) is 2.81. The van der Waals surface area contributed by atoms with Gasteiger partial charge in [-0.25, -0.2) is 14.2 Å². The summed E-state index contributed by atoms with van der Waals surface area (Å²) in [5, 5.41) is 9.45. The van der Waals surface area contributed by atoms with Crippen molar-refractivity contribution >= 4 is 16.9 Å². The zero-order valence-corrected chi connectivity index (χ0v) is 23.0. The Morgan fingerprint density at radius 1 is 1.10 bits per heavy atom. The molecule has 0 N–H and O–H groups in total. The highest BCUT2D eigenvalue weighted by Gasteiger charge is 2.39. The molecule has 3 atom stereocenters. The number of hydrogen-bond donors (Lipinski definition) is 0. The van der Waals surface area contributed by atoms with Crippen LogP contribution in [0.1, 0.15) is 35.5 Å². The quantitative estimate of drug-likeness (QED) is 0.315. The number of rotatable bonds is 6. The SMILES string of the molecule is COC[C@@H]1CN(c2nc(=O)n(C)c3ccc(C#N)nc23)[C@@H](C)CN1C(c1ccc(F)cc1)c1ccc(C(F)(F)F)cn1. The molecule has 0 spiro atoms. The van der Waals surface area contributed by atoms with E-state index in [1.54, 1.807) is 25.2 Å². The van der Waals surface area contributed by atoms with E-state index in [1.807, 2.05) is 17.9 Å². The Labute approximate surface area is 238 Å². The Kier molecular flexibility index (Phi) is 7.94. The Bertz CT molecular complexity index is 1680. The molecule has 1 aliphatic rings. The van der Waals surface area contributed by atoms with Gasteiger partial charge < -0.3 is 9.64 Å². The highest BCUT2D eigenvalue weighted by atomic mass is 19.4. The van der Waals surface area contributed by atoms with Crippen molar-refractivity contribution in [3.05, 3.63) is 93.5 Å². The van der Waals surface area contributed by atoms with Crippen LogP contribution in [0, 0.1) is 17.1 Å². The number of aromatic nitrogens is 4. The Balaban J connectivity index is 1.59. The second-order valence-corrected chi connectivity index (χ2v) is 10.2. The molecule has 0 bridgehead atoms. The van der Waals surface area contributed by atoms with Crippen molar-refractivity contribution in [1.82, 2.24) is 24.4 Å². The van der Waals surface area contributed by atoms with Gasteiger partial charge in [0.15, 0.2) is 5.82 Å². The summed E-state index contributed by atoms with van der Waals surface area (Å²) in [5.74, 6) is -0.123. The van der Waals surface area contributed by atoms with Crippen LogP contribution in [0.25, 0.3) is 11.0 Å². The van der Waals surface area contributed by atoms with E-state index in [-0.39, 0.29) is 24.4 Å². The van der Waals surface area contributed by atoms with Gasteiger partial charge in [-0.1, -0.05) is 12.1 Å². The predicted molar refractivity (Wildman–Crippen MR) is 146 cm³/mol. The molecular formula is C29H27F4N7O2. The van der Waals surface area contributed by atoms with Gasteiger partial charge in [0, 0.05) is 39.5 Å². The number of hydrogen-bond acceptors (Lipinski definition) is 8. The fraction of sp³-hybridized carbons (Fsp3) is 0.345. The van der Waals surface area contributed by atoms with Gasteiger partial charge in [-0.05, 0) is 48.9 Å². The van der Waals surface area contributed by atoms with Crippen LogP contribution in [0.4, 0.5) is 23.4 Å². The molecule has 218 valence electrons. The lowest BCUT2D eigenvalue weighted by atomic mass is 9.96. The van der Waals surface area contributed by atoms with Crippen LogP contribution in [0.15, 0.2) is 59.5 Å². The maximum absolute atomic E-state index is 13.9. The average Bonchev–Trinajstić information content (AvgIpc) is 2.97. The predicted octanol–water partition coefficient (Wildman–Crippen LogP) is 4.07. The van der Waals surface area contributed by atoms with E-state index >= 15 is 0 Å². The third-order valence-corrected chi connectivity index (χ3v) is 7.48. The third kappa shape index (κ3) is 5.55. The first-order chi connectivity index (χ1) is 20.0. The molecule has 0 radical (unpaired) electrons. The number of benzene rings is 1. The van der Waals surface area contributed by atoms with E-state index in [9.17, 15) is 27.6 Å². The minimum absolute atomic E-state index is 0.175. The Hall–Kier alpha value is -4.41. The Morgan fingerprint density at radius 2 is 1.83 bits per heavy atom. The fourth-order valence-corrected chi connectivity index (χ4v) is 5.40. The number of anilines is 1. The van der Waals surface area contributed by atoms with Gasteiger partial charge in [0.25, 0.3) is 0 Å². The number of pyridine rings is 2. The molecule has 1 unspecified atom stereocenters. The smallest absolute Gasteiger partial charge is 0.383 e. The summed E-state index contributed by atoms with van der Waals surface area (Å²) in [6, 6.07) is 12.0. The maximum atomic E-state index is 13.9. The Morgan fingerprint density at radius 3 is 2.45 bits per heavy atom. The number of methoxy groups -OCH3 is 1. The number of nitrogens with zero attached hydrogens (tertiary/aromatic N) is 7. The van der Waals surface area contributed by atoms with Gasteiger partial charge in [-0.3, -0.25) is 14.5 Å². The zero-order chi connectivity index (χ0) is 30.2. The van der Waals surface area contributed by atoms with Gasteiger partial charge in [0.1, 0.15) is 23.1 Å². The molecule has 0 aliphatic carbocycles. The van der Waals surface area contributed by atoms with Crippen molar-refractivity contribution in [2.75, 3.05) is 31.7 Å². The van der Waals surface area contributed by atoms with Crippen molar-refractivity contribution < 1.29 is 22.3 Å². The van der Waals surface area contributed by atoms with E-state index in [4.69, 9.17) is 4.74 Å². The maximum Gasteiger partial charge on any atom is 0.417 e. The third-order valence-electron chi connectivity index (χ3n) is 7.48. The lowest BCUT2D eigenvalue weighted by Crippen LogP contribution is -2.60. The largest absolute Gasteiger partial charge is 0.417 e. The van der Waals surface area contributed by atoms with E-state index in [0.717, 1.165) is 12.3 Å². The van der Waals surface area contributed by atoms with Gasteiger partial charge in [-0.2, -0.15) is 23.4 Å². The van der Waals surface area contributed by atoms with E-state index < -0.39 is 29.3 Å². The first kappa shape index (κ1) is 29.1. The molecule has 1 fully saturated rings. The molecule has 9 nitrogen and oxygen atoms in total. The average molecular weight is 582 g/mol. The lowest BCUT2D eigenvalue weighted by Gasteiger charge is -2.48. The van der Waals surface area contributed by atoms with Gasteiger partial charge in [0.2, 0.25) is 0 Å². The summed E-state index contributed by atoms with van der Waals surface area (Å²) in [7, 11) is 3.12. The number of halogens is 4. The molecule has 5 rings (SSSR count). The number of piperazine rings is 1. The molecule has 4 heterocycles. The second kappa shape index (κ2) is 11.5. The molecule has 0 saturated carbocycles. The molecule has 1 aromatic carbocycles. The molecule has 3 aromatic heterocycles. The number of aryl methyl sites for hydroxylation is 1. The summed E-state index contributed by atoms with van der Waals surface area (Å²) in [4.78, 5) is 29.8. The van der Waals surface area contributed by atoms with Crippen molar-refractivity contribution in [3.63, 3.8) is 0 Å².